The predicted octanol–water partition coefficient (Wildman–Crippen LogP) is 1.43. The van der Waals surface area contributed by atoms with Gasteiger partial charge in [0.25, 0.3) is 0 Å². The number of ketones is 1. The molecule has 0 amide bonds. The number of aryl methyl sites for hydroxylation is 1. The van der Waals surface area contributed by atoms with E-state index in [1.54, 1.807) is 6.92 Å². The van der Waals surface area contributed by atoms with Gasteiger partial charge in [-0.05, 0) is 13.8 Å². The van der Waals surface area contributed by atoms with Crippen LogP contribution < -0.4 is 0 Å². The number of nitrogens with zero attached hydrogens (tertiary/aromatic N) is 2. The van der Waals surface area contributed by atoms with Crippen molar-refractivity contribution in [2.24, 2.45) is 0 Å². The highest BCUT2D eigenvalue weighted by Crippen LogP contribution is 2.18. The Morgan fingerprint density at radius 3 is 2.58 bits per heavy atom. The summed E-state index contributed by atoms with van der Waals surface area (Å²) in [4.78, 5) is 22.5. The lowest BCUT2D eigenvalue weighted by Gasteiger charge is -2.05. The molecule has 19 heavy (non-hydrogen) atoms. The average molecular weight is 278 g/mol. The van der Waals surface area contributed by atoms with Crippen LogP contribution in [0.25, 0.3) is 0 Å². The van der Waals surface area contributed by atoms with Gasteiger partial charge in [0.2, 0.25) is 5.78 Å². The van der Waals surface area contributed by atoms with Gasteiger partial charge >= 0.3 is 12.1 Å². The first-order chi connectivity index (χ1) is 8.73. The number of esters is 1. The van der Waals surface area contributed by atoms with Gasteiger partial charge in [-0.25, -0.2) is 4.79 Å². The lowest BCUT2D eigenvalue weighted by atomic mass is 10.1. The summed E-state index contributed by atoms with van der Waals surface area (Å²) in [6, 6.07) is 0. The largest absolute Gasteiger partial charge is 0.460 e. The number of rotatable bonds is 5. The van der Waals surface area contributed by atoms with E-state index in [1.165, 1.54) is 6.92 Å². The van der Waals surface area contributed by atoms with Crippen molar-refractivity contribution in [1.82, 2.24) is 9.78 Å². The van der Waals surface area contributed by atoms with E-state index in [1.807, 2.05) is 0 Å². The van der Waals surface area contributed by atoms with Crippen LogP contribution in [0.5, 0.6) is 0 Å². The predicted molar refractivity (Wildman–Crippen MR) is 58.4 cm³/mol. The summed E-state index contributed by atoms with van der Waals surface area (Å²) in [6.45, 7) is 1.86. The van der Waals surface area contributed by atoms with Crippen LogP contribution >= 0.6 is 0 Å². The Labute approximate surface area is 107 Å². The molecule has 0 spiro atoms. The molecule has 1 rings (SSSR count). The van der Waals surface area contributed by atoms with Crippen molar-refractivity contribution in [3.8, 4) is 0 Å². The number of ether oxygens (including phenoxy) is 1. The van der Waals surface area contributed by atoms with Gasteiger partial charge in [-0.2, -0.15) is 18.3 Å². The second-order valence-corrected chi connectivity index (χ2v) is 3.87. The van der Waals surface area contributed by atoms with Crippen LogP contribution in [0.2, 0.25) is 0 Å². The molecule has 5 nitrogen and oxygen atoms in total. The normalized spacial score (nSPS) is 11.4. The zero-order chi connectivity index (χ0) is 14.6. The van der Waals surface area contributed by atoms with E-state index in [9.17, 15) is 22.8 Å². The third-order valence-electron chi connectivity index (χ3n) is 2.24. The molecule has 0 bridgehead atoms. The van der Waals surface area contributed by atoms with Crippen molar-refractivity contribution in [3.63, 3.8) is 0 Å². The molecule has 0 saturated heterocycles. The van der Waals surface area contributed by atoms with Gasteiger partial charge in [-0.1, -0.05) is 0 Å². The van der Waals surface area contributed by atoms with Crippen molar-refractivity contribution < 1.29 is 27.5 Å². The topological polar surface area (TPSA) is 61.2 Å². The molecule has 0 aliphatic rings. The van der Waals surface area contributed by atoms with Crippen LogP contribution in [0.1, 0.15) is 18.2 Å². The first-order valence-corrected chi connectivity index (χ1v) is 5.52. The molecule has 0 fully saturated rings. The maximum atomic E-state index is 12.2. The summed E-state index contributed by atoms with van der Waals surface area (Å²) in [6.07, 6.45) is -3.59. The van der Waals surface area contributed by atoms with E-state index in [-0.39, 0.29) is 24.3 Å². The SMILES string of the molecule is CCOC(=O)C(=O)Cc1cn(CC(F)(F)F)nc1C. The lowest BCUT2D eigenvalue weighted by molar-refractivity contribution is -0.153. The number of halogens is 3. The number of carbonyl (C=O) groups is 2. The summed E-state index contributed by atoms with van der Waals surface area (Å²) in [7, 11) is 0. The zero-order valence-electron chi connectivity index (χ0n) is 10.5. The van der Waals surface area contributed by atoms with Gasteiger partial charge in [0, 0.05) is 18.2 Å². The molecule has 1 aromatic heterocycles. The van der Waals surface area contributed by atoms with Crippen molar-refractivity contribution >= 4 is 11.8 Å². The van der Waals surface area contributed by atoms with Gasteiger partial charge in [0.05, 0.1) is 12.3 Å². The minimum Gasteiger partial charge on any atom is -0.460 e. The Bertz CT molecular complexity index is 480. The molecule has 0 aliphatic carbocycles. The number of Topliss-reactive ketones (excluding diaryl/α,β-unsaturated/α-hetero) is 1. The number of alkyl halides is 3. The fourth-order valence-electron chi connectivity index (χ4n) is 1.45. The van der Waals surface area contributed by atoms with Crippen molar-refractivity contribution in [1.29, 1.82) is 0 Å². The minimum absolute atomic E-state index is 0.0664. The van der Waals surface area contributed by atoms with E-state index in [0.717, 1.165) is 6.20 Å². The standard InChI is InChI=1S/C11H13F3N2O3/c1-3-19-10(18)9(17)4-8-5-16(15-7(8)2)6-11(12,13)14/h5H,3-4,6H2,1-2H3. The van der Waals surface area contributed by atoms with Crippen molar-refractivity contribution in [2.45, 2.75) is 33.0 Å². The van der Waals surface area contributed by atoms with Crippen LogP contribution in [0.4, 0.5) is 13.2 Å². The molecule has 0 radical (unpaired) electrons. The smallest absolute Gasteiger partial charge is 0.408 e. The molecule has 0 unspecified atom stereocenters. The summed E-state index contributed by atoms with van der Waals surface area (Å²) in [5.74, 6) is -1.80. The maximum absolute atomic E-state index is 12.2. The molecular weight excluding hydrogens is 265 g/mol. The first kappa shape index (κ1) is 15.2. The van der Waals surface area contributed by atoms with Gasteiger partial charge in [-0.15, -0.1) is 0 Å². The Kier molecular flexibility index (Phi) is 4.68. The Morgan fingerprint density at radius 2 is 2.05 bits per heavy atom. The first-order valence-electron chi connectivity index (χ1n) is 5.52. The van der Waals surface area contributed by atoms with Crippen molar-refractivity contribution in [2.75, 3.05) is 6.61 Å². The quantitative estimate of drug-likeness (QED) is 0.604. The third kappa shape index (κ3) is 4.72. The molecule has 1 heterocycles. The van der Waals surface area contributed by atoms with Crippen molar-refractivity contribution in [3.05, 3.63) is 17.5 Å². The van der Waals surface area contributed by atoms with E-state index in [0.29, 0.717) is 4.68 Å². The Balaban J connectivity index is 2.74. The molecule has 106 valence electrons. The molecular formula is C11H13F3N2O3. The zero-order valence-corrected chi connectivity index (χ0v) is 10.5. The van der Waals surface area contributed by atoms with Crippen LogP contribution in [-0.4, -0.2) is 34.3 Å². The maximum Gasteiger partial charge on any atom is 0.408 e. The molecule has 0 atom stereocenters. The third-order valence-corrected chi connectivity index (χ3v) is 2.24. The Morgan fingerprint density at radius 1 is 1.42 bits per heavy atom. The number of hydrogen-bond donors (Lipinski definition) is 0. The fourth-order valence-corrected chi connectivity index (χ4v) is 1.45. The van der Waals surface area contributed by atoms with Crippen LogP contribution in [0.3, 0.4) is 0 Å². The summed E-state index contributed by atoms with van der Waals surface area (Å²) < 4.78 is 41.7. The van der Waals surface area contributed by atoms with Crippen LogP contribution in [0, 0.1) is 6.92 Å². The Hall–Kier alpha value is -1.86. The summed E-state index contributed by atoms with van der Waals surface area (Å²) in [5, 5.41) is 3.65. The monoisotopic (exact) mass is 278 g/mol. The van der Waals surface area contributed by atoms with Crippen LogP contribution in [0.15, 0.2) is 6.20 Å². The van der Waals surface area contributed by atoms with E-state index < -0.39 is 24.5 Å². The molecule has 0 saturated carbocycles. The molecule has 0 N–H and O–H groups in total. The highest BCUT2D eigenvalue weighted by atomic mass is 19.4. The highest BCUT2D eigenvalue weighted by Gasteiger charge is 2.29. The second kappa shape index (κ2) is 5.85. The molecule has 0 aliphatic heterocycles. The molecule has 1 aromatic rings. The van der Waals surface area contributed by atoms with Gasteiger partial charge < -0.3 is 4.74 Å². The van der Waals surface area contributed by atoms with E-state index in [4.69, 9.17) is 0 Å². The molecule has 0 aromatic carbocycles. The summed E-state index contributed by atoms with van der Waals surface area (Å²) >= 11 is 0. The van der Waals surface area contributed by atoms with E-state index in [2.05, 4.69) is 9.84 Å². The van der Waals surface area contributed by atoms with Gasteiger partial charge in [-0.3, -0.25) is 9.48 Å². The van der Waals surface area contributed by atoms with E-state index >= 15 is 0 Å². The second-order valence-electron chi connectivity index (χ2n) is 3.87. The minimum atomic E-state index is -4.39. The van der Waals surface area contributed by atoms with Crippen LogP contribution in [-0.2, 0) is 27.3 Å². The average Bonchev–Trinajstić information content (AvgIpc) is 2.56. The van der Waals surface area contributed by atoms with Gasteiger partial charge in [0.15, 0.2) is 0 Å². The fraction of sp³-hybridized carbons (Fsp3) is 0.545. The lowest BCUT2D eigenvalue weighted by Crippen LogP contribution is -2.19. The number of carbonyl (C=O) groups excluding carboxylic acids is 2. The number of hydrogen-bond acceptors (Lipinski definition) is 4. The molecule has 8 heteroatoms. The highest BCUT2D eigenvalue weighted by molar-refractivity contribution is 6.34. The number of aromatic nitrogens is 2. The summed E-state index contributed by atoms with van der Waals surface area (Å²) in [5.41, 5.74) is 0.559. The van der Waals surface area contributed by atoms with Gasteiger partial charge in [0.1, 0.15) is 6.54 Å².